The van der Waals surface area contributed by atoms with Crippen LogP contribution in [-0.2, 0) is 26.2 Å². The average Bonchev–Trinajstić information content (AvgIpc) is 0. The van der Waals surface area contributed by atoms with Gasteiger partial charge in [-0.15, -0.1) is 0 Å². The summed E-state index contributed by atoms with van der Waals surface area (Å²) in [6.07, 6.45) is 0. The molecule has 2 radical (unpaired) electrons. The van der Waals surface area contributed by atoms with E-state index in [0.29, 0.717) is 0 Å². The molecule has 17 heteroatoms. The summed E-state index contributed by atoms with van der Waals surface area (Å²) in [4.78, 5) is 0. The van der Waals surface area contributed by atoms with Crippen molar-refractivity contribution >= 4 is 0 Å². The van der Waals surface area contributed by atoms with Gasteiger partial charge in [-0.2, -0.15) is 0 Å². The van der Waals surface area contributed by atoms with Crippen LogP contribution in [0.15, 0.2) is 0 Å². The standard InChI is InChI=1S/Ce.Nd.13H2O.Pr.Zr/h;;13*1H2;;/q2*+3;;;;;;;;;;;;;;+3;+4/p-13. The fraction of sp³-hybridized carbons (Fsp3) is 0. The predicted octanol–water partition coefficient (Wildman–Crippen LogP) is -2.30. The van der Waals surface area contributed by atoms with E-state index in [4.69, 9.17) is 0 Å². The van der Waals surface area contributed by atoms with Crippen LogP contribution in [-0.4, -0.2) is 71.2 Å². The predicted molar refractivity (Wildman–Crippen MR) is 25.2 cm³/mol. The van der Waals surface area contributed by atoms with Crippen LogP contribution in [0.5, 0.6) is 0 Å². The molecule has 13 N–H and O–H groups in total. The monoisotopic (exact) mass is 734 g/mol. The van der Waals surface area contributed by atoms with Crippen LogP contribution in [0.3, 0.4) is 0 Å². The van der Waals surface area contributed by atoms with Gasteiger partial charge in [0, 0.05) is 0 Å². The minimum atomic E-state index is 0. The first-order valence-electron chi connectivity index (χ1n) is 0. The second kappa shape index (κ2) is 390. The van der Waals surface area contributed by atoms with Crippen molar-refractivity contribution in [3.8, 4) is 0 Å². The van der Waals surface area contributed by atoms with Crippen LogP contribution in [0.1, 0.15) is 0 Å². The molecule has 0 heterocycles. The summed E-state index contributed by atoms with van der Waals surface area (Å²) in [5.74, 6) is 0. The maximum atomic E-state index is 0. The Kier molecular flexibility index (Phi) is 10400. The Hall–Kier alpha value is 4.45. The Morgan fingerprint density at radius 3 is 0.294 bits per heavy atom. The molecule has 0 amide bonds. The molecule has 0 rings (SSSR count). The SMILES string of the molecule is [Ce+3].[Nd+3].[OH-].[OH-].[OH-].[OH-].[OH-].[OH-].[OH-].[OH-].[OH-].[OH-].[OH-].[OH-].[OH-].[Pr+3].[Zr+4]. The molecule has 0 aliphatic rings. The van der Waals surface area contributed by atoms with Gasteiger partial charge in [0.2, 0.25) is 0 Å². The molecule has 0 aliphatic heterocycles. The first-order chi connectivity index (χ1) is 0. The minimum absolute atomic E-state index is 0. The smallest absolute Gasteiger partial charge is 0.870 e. The molecule has 0 aromatic carbocycles. The second-order valence-electron chi connectivity index (χ2n) is 0. The molecule has 0 atom stereocenters. The van der Waals surface area contributed by atoms with Crippen LogP contribution in [0.25, 0.3) is 0 Å². The van der Waals surface area contributed by atoms with Gasteiger partial charge in [-0.1, -0.05) is 0 Å². The zero-order valence-corrected chi connectivity index (χ0v) is 20.4. The fourth-order valence-corrected chi connectivity index (χ4v) is 0. The third-order valence-corrected chi connectivity index (χ3v) is 0. The molecule has 17 heavy (non-hydrogen) atoms. The molecule has 0 aromatic rings. The Labute approximate surface area is 216 Å². The van der Waals surface area contributed by atoms with Gasteiger partial charge < -0.3 is 71.2 Å². The first kappa shape index (κ1) is 452. The van der Waals surface area contributed by atoms with Gasteiger partial charge in [0.05, 0.1) is 0 Å². The van der Waals surface area contributed by atoms with E-state index in [-0.39, 0.29) is 221 Å². The van der Waals surface area contributed by atoms with E-state index in [1.54, 1.807) is 0 Å². The Morgan fingerprint density at radius 1 is 0.294 bits per heavy atom. The molecule has 0 bridgehead atoms. The summed E-state index contributed by atoms with van der Waals surface area (Å²) in [7, 11) is 0. The normalized spacial score (nSPS) is 0. The van der Waals surface area contributed by atoms with Crippen molar-refractivity contribution in [2.75, 3.05) is 0 Å². The van der Waals surface area contributed by atoms with Gasteiger partial charge in [0.25, 0.3) is 0 Å². The van der Waals surface area contributed by atoms with Crippen molar-refractivity contribution in [3.63, 3.8) is 0 Å². The Bertz CT molecular complexity index is 21.4. The van der Waals surface area contributed by atoms with Crippen molar-refractivity contribution in [3.05, 3.63) is 0 Å². The fourth-order valence-electron chi connectivity index (χ4n) is 0. The molecule has 0 aliphatic carbocycles. The number of rotatable bonds is 0. The van der Waals surface area contributed by atoms with Gasteiger partial charge in [-0.05, 0) is 0 Å². The average molecular weight is 738 g/mol. The zero-order chi connectivity index (χ0) is 0. The van der Waals surface area contributed by atoms with Crippen molar-refractivity contribution in [2.24, 2.45) is 0 Å². The van der Waals surface area contributed by atoms with Crippen molar-refractivity contribution in [2.45, 2.75) is 0 Å². The third kappa shape index (κ3) is 351. The minimum Gasteiger partial charge on any atom is -0.870 e. The van der Waals surface area contributed by atoms with E-state index in [2.05, 4.69) is 0 Å². The summed E-state index contributed by atoms with van der Waals surface area (Å²) in [6.45, 7) is 0. The Morgan fingerprint density at radius 2 is 0.294 bits per heavy atom. The molecule has 0 fully saturated rings. The third-order valence-electron chi connectivity index (χ3n) is 0. The topological polar surface area (TPSA) is 390 Å². The van der Waals surface area contributed by atoms with Crippen LogP contribution in [0.2, 0.25) is 0 Å². The molecule has 13 nitrogen and oxygen atoms in total. The van der Waals surface area contributed by atoms with Gasteiger partial charge in [-0.3, -0.25) is 0 Å². The summed E-state index contributed by atoms with van der Waals surface area (Å²) >= 11 is 0. The molecule has 106 valence electrons. The molecule has 0 unspecified atom stereocenters. The van der Waals surface area contributed by atoms with Crippen LogP contribution >= 0.6 is 0 Å². The van der Waals surface area contributed by atoms with Crippen LogP contribution in [0, 0.1) is 124 Å². The van der Waals surface area contributed by atoms with Crippen molar-refractivity contribution in [1.82, 2.24) is 0 Å². The number of hydrogen-bond acceptors (Lipinski definition) is 13. The molecule has 0 spiro atoms. The quantitative estimate of drug-likeness (QED) is 0.253. The Balaban J connectivity index is 0. The maximum absolute atomic E-state index is 0. The summed E-state index contributed by atoms with van der Waals surface area (Å²) in [5.41, 5.74) is 0. The maximum Gasteiger partial charge on any atom is 4.00 e. The number of hydrogen-bond donors (Lipinski definition) is 0. The molecule has 0 saturated carbocycles. The van der Waals surface area contributed by atoms with E-state index in [1.807, 2.05) is 0 Å². The van der Waals surface area contributed by atoms with Gasteiger partial charge >= 0.3 is 150 Å². The van der Waals surface area contributed by atoms with Gasteiger partial charge in [0.15, 0.2) is 0 Å². The summed E-state index contributed by atoms with van der Waals surface area (Å²) < 4.78 is 0. The van der Waals surface area contributed by atoms with E-state index in [0.717, 1.165) is 0 Å². The van der Waals surface area contributed by atoms with Crippen LogP contribution in [0.4, 0.5) is 0 Å². The zero-order valence-electron chi connectivity index (χ0n) is 7.89. The van der Waals surface area contributed by atoms with Crippen molar-refractivity contribution < 1.29 is 221 Å². The van der Waals surface area contributed by atoms with Crippen molar-refractivity contribution in [1.29, 1.82) is 0 Å². The molecular weight excluding hydrogens is 724 g/mol. The molecule has 0 saturated heterocycles. The first-order valence-corrected chi connectivity index (χ1v) is 0. The van der Waals surface area contributed by atoms with Gasteiger partial charge in [-0.25, -0.2) is 0 Å². The summed E-state index contributed by atoms with van der Waals surface area (Å²) in [5, 5.41) is 0. The molecular formula is H13CeNdO13PrZr. The van der Waals surface area contributed by atoms with E-state index in [1.165, 1.54) is 0 Å². The van der Waals surface area contributed by atoms with Crippen LogP contribution < -0.4 is 0 Å². The molecule has 0 aromatic heterocycles. The largest absolute Gasteiger partial charge is 4.00 e. The van der Waals surface area contributed by atoms with E-state index >= 15 is 0 Å². The van der Waals surface area contributed by atoms with E-state index in [9.17, 15) is 0 Å². The van der Waals surface area contributed by atoms with E-state index < -0.39 is 0 Å². The summed E-state index contributed by atoms with van der Waals surface area (Å²) in [6, 6.07) is 0. The second-order valence-corrected chi connectivity index (χ2v) is 0. The van der Waals surface area contributed by atoms with Gasteiger partial charge in [0.1, 0.15) is 0 Å².